The van der Waals surface area contributed by atoms with Gasteiger partial charge in [-0.25, -0.2) is 0 Å². The number of carbonyl (C=O) groups excluding carboxylic acids is 2. The Labute approximate surface area is 179 Å². The predicted molar refractivity (Wildman–Crippen MR) is 114 cm³/mol. The van der Waals surface area contributed by atoms with E-state index in [9.17, 15) is 9.59 Å². The fourth-order valence-corrected chi connectivity index (χ4v) is 3.86. The van der Waals surface area contributed by atoms with E-state index in [1.165, 1.54) is 0 Å². The van der Waals surface area contributed by atoms with Gasteiger partial charge in [0.1, 0.15) is 11.5 Å². The summed E-state index contributed by atoms with van der Waals surface area (Å²) in [6.45, 7) is 2.11. The lowest BCUT2D eigenvalue weighted by Gasteiger charge is -2.35. The van der Waals surface area contributed by atoms with Gasteiger partial charge in [-0.1, -0.05) is 34.1 Å². The molecule has 6 nitrogen and oxygen atoms in total. The first kappa shape index (κ1) is 21.2. The standard InChI is InChI=1S/C22H25BrN2O4/c1-28-18-13-17(14-19(15-18)29-2)22(27)25-11-9-24(10-12-25)21(26)8-7-16-5-3-4-6-20(16)23/h3-6,13-15H,7-12H2,1-2H3. The van der Waals surface area contributed by atoms with Crippen molar-refractivity contribution in [2.24, 2.45) is 0 Å². The molecule has 1 aliphatic heterocycles. The Balaban J connectivity index is 1.55. The molecule has 2 amide bonds. The van der Waals surface area contributed by atoms with Crippen molar-refractivity contribution < 1.29 is 19.1 Å². The Morgan fingerprint density at radius 2 is 1.52 bits per heavy atom. The van der Waals surface area contributed by atoms with Gasteiger partial charge in [-0.15, -0.1) is 0 Å². The summed E-state index contributed by atoms with van der Waals surface area (Å²) in [4.78, 5) is 29.0. The summed E-state index contributed by atoms with van der Waals surface area (Å²) in [6, 6.07) is 13.1. The Morgan fingerprint density at radius 1 is 0.931 bits per heavy atom. The molecule has 154 valence electrons. The highest BCUT2D eigenvalue weighted by atomic mass is 79.9. The fourth-order valence-electron chi connectivity index (χ4n) is 3.37. The minimum absolute atomic E-state index is 0.0810. The number of piperazine rings is 1. The molecule has 0 radical (unpaired) electrons. The van der Waals surface area contributed by atoms with Crippen LogP contribution < -0.4 is 9.47 Å². The number of amides is 2. The summed E-state index contributed by atoms with van der Waals surface area (Å²) in [5, 5.41) is 0. The summed E-state index contributed by atoms with van der Waals surface area (Å²) in [7, 11) is 3.11. The first-order valence-corrected chi connectivity index (χ1v) is 10.3. The second-order valence-corrected chi connectivity index (χ2v) is 7.72. The van der Waals surface area contributed by atoms with Crippen LogP contribution in [0.3, 0.4) is 0 Å². The SMILES string of the molecule is COc1cc(OC)cc(C(=O)N2CCN(C(=O)CCc3ccccc3Br)CC2)c1. The zero-order chi connectivity index (χ0) is 20.8. The van der Waals surface area contributed by atoms with Crippen LogP contribution in [0.15, 0.2) is 46.9 Å². The second-order valence-electron chi connectivity index (χ2n) is 6.87. The van der Waals surface area contributed by atoms with E-state index in [1.807, 2.05) is 29.2 Å². The third-order valence-corrected chi connectivity index (χ3v) is 5.86. The highest BCUT2D eigenvalue weighted by Gasteiger charge is 2.25. The van der Waals surface area contributed by atoms with E-state index >= 15 is 0 Å². The van der Waals surface area contributed by atoms with Gasteiger partial charge in [0.2, 0.25) is 5.91 Å². The van der Waals surface area contributed by atoms with Crippen LogP contribution in [0.4, 0.5) is 0 Å². The van der Waals surface area contributed by atoms with Crippen molar-refractivity contribution in [1.82, 2.24) is 9.80 Å². The Morgan fingerprint density at radius 3 is 2.10 bits per heavy atom. The van der Waals surface area contributed by atoms with E-state index < -0.39 is 0 Å². The van der Waals surface area contributed by atoms with Crippen LogP contribution >= 0.6 is 15.9 Å². The van der Waals surface area contributed by atoms with E-state index in [-0.39, 0.29) is 11.8 Å². The molecule has 1 saturated heterocycles. The monoisotopic (exact) mass is 460 g/mol. The normalized spacial score (nSPS) is 13.9. The molecule has 1 aliphatic rings. The first-order chi connectivity index (χ1) is 14.0. The van der Waals surface area contributed by atoms with Crippen LogP contribution in [0.2, 0.25) is 0 Å². The first-order valence-electron chi connectivity index (χ1n) is 9.55. The molecule has 1 heterocycles. The third-order valence-electron chi connectivity index (χ3n) is 5.08. The molecule has 1 fully saturated rings. The van der Waals surface area contributed by atoms with Crippen LogP contribution in [0.5, 0.6) is 11.5 Å². The van der Waals surface area contributed by atoms with E-state index in [2.05, 4.69) is 15.9 Å². The number of ether oxygens (including phenoxy) is 2. The molecule has 2 aromatic carbocycles. The number of carbonyl (C=O) groups is 2. The van der Waals surface area contributed by atoms with Gasteiger partial charge < -0.3 is 19.3 Å². The number of hydrogen-bond donors (Lipinski definition) is 0. The van der Waals surface area contributed by atoms with Gasteiger partial charge >= 0.3 is 0 Å². The quantitative estimate of drug-likeness (QED) is 0.662. The Hall–Kier alpha value is -2.54. The van der Waals surface area contributed by atoms with Crippen LogP contribution in [0.25, 0.3) is 0 Å². The van der Waals surface area contributed by atoms with Crippen LogP contribution in [-0.2, 0) is 11.2 Å². The maximum Gasteiger partial charge on any atom is 0.254 e. The number of benzene rings is 2. The van der Waals surface area contributed by atoms with Gasteiger partial charge in [0, 0.05) is 48.7 Å². The minimum atomic E-state index is -0.0810. The summed E-state index contributed by atoms with van der Waals surface area (Å²) in [5.41, 5.74) is 1.65. The molecule has 2 aromatic rings. The molecule has 0 atom stereocenters. The van der Waals surface area contributed by atoms with Crippen molar-refractivity contribution in [1.29, 1.82) is 0 Å². The number of rotatable bonds is 6. The number of nitrogens with zero attached hydrogens (tertiary/aromatic N) is 2. The second kappa shape index (κ2) is 9.78. The summed E-state index contributed by atoms with van der Waals surface area (Å²) >= 11 is 3.52. The molecule has 3 rings (SSSR count). The van der Waals surface area contributed by atoms with Gasteiger partial charge in [-0.2, -0.15) is 0 Å². The predicted octanol–water partition coefficient (Wildman–Crippen LogP) is 3.38. The lowest BCUT2D eigenvalue weighted by Crippen LogP contribution is -2.50. The van der Waals surface area contributed by atoms with Gasteiger partial charge in [0.15, 0.2) is 0 Å². The van der Waals surface area contributed by atoms with Crippen molar-refractivity contribution in [2.45, 2.75) is 12.8 Å². The zero-order valence-electron chi connectivity index (χ0n) is 16.7. The van der Waals surface area contributed by atoms with E-state index in [0.717, 1.165) is 10.0 Å². The average Bonchev–Trinajstić information content (AvgIpc) is 2.77. The highest BCUT2D eigenvalue weighted by Crippen LogP contribution is 2.24. The molecule has 0 aromatic heterocycles. The molecular formula is C22H25BrN2O4. The molecule has 0 aliphatic carbocycles. The smallest absolute Gasteiger partial charge is 0.254 e. The average molecular weight is 461 g/mol. The van der Waals surface area contributed by atoms with Gasteiger partial charge in [0.05, 0.1) is 14.2 Å². The van der Waals surface area contributed by atoms with Crippen molar-refractivity contribution >= 4 is 27.7 Å². The minimum Gasteiger partial charge on any atom is -0.497 e. The van der Waals surface area contributed by atoms with Crippen molar-refractivity contribution in [3.63, 3.8) is 0 Å². The molecule has 0 N–H and O–H groups in total. The summed E-state index contributed by atoms with van der Waals surface area (Å²) < 4.78 is 11.5. The topological polar surface area (TPSA) is 59.1 Å². The third kappa shape index (κ3) is 5.29. The maximum absolute atomic E-state index is 12.9. The molecular weight excluding hydrogens is 436 g/mol. The Bertz CT molecular complexity index is 857. The number of halogens is 1. The molecule has 7 heteroatoms. The van der Waals surface area contributed by atoms with Crippen LogP contribution in [0, 0.1) is 0 Å². The molecule has 0 spiro atoms. The molecule has 0 unspecified atom stereocenters. The fraction of sp³-hybridized carbons (Fsp3) is 0.364. The highest BCUT2D eigenvalue weighted by molar-refractivity contribution is 9.10. The van der Waals surface area contributed by atoms with Gasteiger partial charge in [0.25, 0.3) is 5.91 Å². The number of hydrogen-bond acceptors (Lipinski definition) is 4. The molecule has 29 heavy (non-hydrogen) atoms. The summed E-state index contributed by atoms with van der Waals surface area (Å²) in [6.07, 6.45) is 1.16. The van der Waals surface area contributed by atoms with E-state index in [1.54, 1.807) is 37.3 Å². The van der Waals surface area contributed by atoms with Crippen LogP contribution in [-0.4, -0.2) is 62.0 Å². The lowest BCUT2D eigenvalue weighted by atomic mass is 10.1. The lowest BCUT2D eigenvalue weighted by molar-refractivity contribution is -0.132. The van der Waals surface area contributed by atoms with Crippen molar-refractivity contribution in [3.8, 4) is 11.5 Å². The Kier molecular flexibility index (Phi) is 7.14. The van der Waals surface area contributed by atoms with Crippen LogP contribution in [0.1, 0.15) is 22.3 Å². The van der Waals surface area contributed by atoms with Crippen molar-refractivity contribution in [2.75, 3.05) is 40.4 Å². The van der Waals surface area contributed by atoms with E-state index in [0.29, 0.717) is 56.1 Å². The number of methoxy groups -OCH3 is 2. The summed E-state index contributed by atoms with van der Waals surface area (Å²) in [5.74, 6) is 1.19. The molecule has 0 saturated carbocycles. The molecule has 0 bridgehead atoms. The van der Waals surface area contributed by atoms with E-state index in [4.69, 9.17) is 9.47 Å². The van der Waals surface area contributed by atoms with Crippen molar-refractivity contribution in [3.05, 3.63) is 58.1 Å². The van der Waals surface area contributed by atoms with Gasteiger partial charge in [-0.3, -0.25) is 9.59 Å². The maximum atomic E-state index is 12.9. The largest absolute Gasteiger partial charge is 0.497 e. The number of aryl methyl sites for hydroxylation is 1. The van der Waals surface area contributed by atoms with Gasteiger partial charge in [-0.05, 0) is 30.2 Å². The zero-order valence-corrected chi connectivity index (χ0v) is 18.3.